The first-order valence-electron chi connectivity index (χ1n) is 14.0. The highest BCUT2D eigenvalue weighted by Gasteiger charge is 2.48. The molecule has 0 aromatic heterocycles. The van der Waals surface area contributed by atoms with Crippen molar-refractivity contribution >= 4 is 34.9 Å². The lowest BCUT2D eigenvalue weighted by molar-refractivity contribution is -0.148. The number of nitrogens with zero attached hydrogens (tertiary/aromatic N) is 2. The van der Waals surface area contributed by atoms with Crippen LogP contribution in [0.3, 0.4) is 0 Å². The monoisotopic (exact) mass is 569 g/mol. The first-order valence-corrected chi connectivity index (χ1v) is 14.0. The van der Waals surface area contributed by atoms with E-state index in [1.54, 1.807) is 66.6 Å². The topological polar surface area (TPSA) is 114 Å². The van der Waals surface area contributed by atoms with E-state index in [9.17, 15) is 19.2 Å². The number of fused-ring (bicyclic) bond motifs is 2. The van der Waals surface area contributed by atoms with Crippen LogP contribution in [0, 0.1) is 0 Å². The zero-order chi connectivity index (χ0) is 29.3. The molecule has 216 valence electrons. The van der Waals surface area contributed by atoms with Gasteiger partial charge in [0.15, 0.2) is 11.5 Å². The number of hydrogen-bond donors (Lipinski definition) is 1. The average molecular weight is 570 g/mol. The van der Waals surface area contributed by atoms with Gasteiger partial charge in [-0.1, -0.05) is 43.5 Å². The van der Waals surface area contributed by atoms with E-state index in [4.69, 9.17) is 14.2 Å². The minimum absolute atomic E-state index is 0.113. The number of hydrogen-bond acceptors (Lipinski definition) is 7. The molecule has 1 N–H and O–H groups in total. The standard InChI is InChI=1S/C32H31N3O7/c1-40-23-12-9-21(10-13-23)18-35(28(36)19-34-25-8-4-3-7-24(25)29(37)30(34)38)32(15-5-2-6-16-32)31(39)33-22-11-14-26-27(17-22)42-20-41-26/h3-4,7-14,17H,2,5-6,15-16,18-20H2,1H3,(H,33,39). The molecule has 0 spiro atoms. The van der Waals surface area contributed by atoms with Crippen LogP contribution in [0.15, 0.2) is 66.7 Å². The van der Waals surface area contributed by atoms with Crippen molar-refractivity contribution in [3.8, 4) is 17.2 Å². The zero-order valence-electron chi connectivity index (χ0n) is 23.3. The van der Waals surface area contributed by atoms with Crippen LogP contribution in [-0.2, 0) is 20.9 Å². The Morgan fingerprint density at radius 2 is 1.69 bits per heavy atom. The van der Waals surface area contributed by atoms with Crippen LogP contribution in [0.25, 0.3) is 0 Å². The van der Waals surface area contributed by atoms with Crippen LogP contribution < -0.4 is 24.4 Å². The number of benzene rings is 3. The lowest BCUT2D eigenvalue weighted by Crippen LogP contribution is -2.61. The number of carbonyl (C=O) groups is 4. The van der Waals surface area contributed by atoms with Crippen molar-refractivity contribution in [2.75, 3.05) is 30.7 Å². The quantitative estimate of drug-likeness (QED) is 0.402. The molecule has 0 saturated heterocycles. The van der Waals surface area contributed by atoms with E-state index in [2.05, 4.69) is 5.32 Å². The molecule has 0 radical (unpaired) electrons. The highest BCUT2D eigenvalue weighted by molar-refractivity contribution is 6.52. The molecule has 1 aliphatic carbocycles. The van der Waals surface area contributed by atoms with Gasteiger partial charge in [-0.2, -0.15) is 0 Å². The molecular weight excluding hydrogens is 538 g/mol. The maximum atomic E-state index is 14.3. The highest BCUT2D eigenvalue weighted by Crippen LogP contribution is 2.39. The van der Waals surface area contributed by atoms with Gasteiger partial charge >= 0.3 is 0 Å². The molecule has 6 rings (SSSR count). The van der Waals surface area contributed by atoms with Gasteiger partial charge in [0.25, 0.3) is 11.7 Å². The third-order valence-electron chi connectivity index (χ3n) is 8.22. The molecule has 42 heavy (non-hydrogen) atoms. The second-order valence-corrected chi connectivity index (χ2v) is 10.7. The molecule has 3 amide bonds. The third kappa shape index (κ3) is 4.93. The molecular formula is C32H31N3O7. The van der Waals surface area contributed by atoms with E-state index in [0.717, 1.165) is 24.8 Å². The fraction of sp³-hybridized carbons (Fsp3) is 0.312. The number of rotatable bonds is 8. The summed E-state index contributed by atoms with van der Waals surface area (Å²) in [7, 11) is 1.58. The minimum Gasteiger partial charge on any atom is -0.497 e. The molecule has 3 aliphatic rings. The number of carbonyl (C=O) groups excluding carboxylic acids is 4. The van der Waals surface area contributed by atoms with Gasteiger partial charge in [0.05, 0.1) is 18.4 Å². The van der Waals surface area contributed by atoms with Crippen molar-refractivity contribution in [3.63, 3.8) is 0 Å². The second-order valence-electron chi connectivity index (χ2n) is 10.7. The van der Waals surface area contributed by atoms with Gasteiger partial charge < -0.3 is 24.4 Å². The summed E-state index contributed by atoms with van der Waals surface area (Å²) in [6.07, 6.45) is 3.36. The van der Waals surface area contributed by atoms with Crippen LogP contribution in [0.1, 0.15) is 48.0 Å². The molecule has 3 aromatic carbocycles. The number of para-hydroxylation sites is 1. The second kappa shape index (κ2) is 11.2. The van der Waals surface area contributed by atoms with Gasteiger partial charge in [-0.05, 0) is 54.8 Å². The fourth-order valence-electron chi connectivity index (χ4n) is 6.00. The summed E-state index contributed by atoms with van der Waals surface area (Å²) in [6, 6.07) is 19.1. The fourth-order valence-corrected chi connectivity index (χ4v) is 6.00. The predicted molar refractivity (Wildman–Crippen MR) is 154 cm³/mol. The predicted octanol–water partition coefficient (Wildman–Crippen LogP) is 4.32. The number of ketones is 1. The van der Waals surface area contributed by atoms with Gasteiger partial charge in [0.1, 0.15) is 17.8 Å². The molecule has 1 saturated carbocycles. The normalized spacial score (nSPS) is 16.6. The molecule has 3 aromatic rings. The first kappa shape index (κ1) is 27.3. The van der Waals surface area contributed by atoms with Crippen LogP contribution in [0.5, 0.6) is 17.2 Å². The summed E-state index contributed by atoms with van der Waals surface area (Å²) in [6.45, 7) is -0.118. The van der Waals surface area contributed by atoms with Crippen molar-refractivity contribution in [1.82, 2.24) is 4.90 Å². The van der Waals surface area contributed by atoms with Crippen molar-refractivity contribution in [2.24, 2.45) is 0 Å². The molecule has 10 heteroatoms. The number of anilines is 2. The van der Waals surface area contributed by atoms with E-state index in [-0.39, 0.29) is 31.4 Å². The van der Waals surface area contributed by atoms with E-state index < -0.39 is 23.1 Å². The largest absolute Gasteiger partial charge is 0.497 e. The molecule has 1 fully saturated rings. The Morgan fingerprint density at radius 1 is 0.952 bits per heavy atom. The Hall–Kier alpha value is -4.86. The van der Waals surface area contributed by atoms with Crippen LogP contribution in [0.4, 0.5) is 11.4 Å². The summed E-state index contributed by atoms with van der Waals surface area (Å²) in [5.41, 5.74) is 0.810. The van der Waals surface area contributed by atoms with Gasteiger partial charge in [0, 0.05) is 18.3 Å². The Balaban J connectivity index is 1.35. The third-order valence-corrected chi connectivity index (χ3v) is 8.22. The maximum Gasteiger partial charge on any atom is 0.299 e. The number of amides is 3. The number of nitrogens with one attached hydrogen (secondary N) is 1. The van der Waals surface area contributed by atoms with E-state index >= 15 is 0 Å². The zero-order valence-corrected chi connectivity index (χ0v) is 23.3. The van der Waals surface area contributed by atoms with Crippen LogP contribution >= 0.6 is 0 Å². The lowest BCUT2D eigenvalue weighted by atomic mass is 9.78. The molecule has 2 aliphatic heterocycles. The van der Waals surface area contributed by atoms with Crippen molar-refractivity contribution in [1.29, 1.82) is 0 Å². The van der Waals surface area contributed by atoms with E-state index in [1.165, 1.54) is 4.90 Å². The number of ether oxygens (including phenoxy) is 3. The summed E-state index contributed by atoms with van der Waals surface area (Å²) in [5.74, 6) is -0.334. The molecule has 0 atom stereocenters. The smallest absolute Gasteiger partial charge is 0.299 e. The van der Waals surface area contributed by atoms with Gasteiger partial charge in [-0.25, -0.2) is 0 Å². The summed E-state index contributed by atoms with van der Waals surface area (Å²) in [4.78, 5) is 57.0. The van der Waals surface area contributed by atoms with Gasteiger partial charge in [-0.3, -0.25) is 24.1 Å². The molecule has 10 nitrogen and oxygen atoms in total. The molecule has 0 bridgehead atoms. The first-order chi connectivity index (χ1) is 20.4. The van der Waals surface area contributed by atoms with E-state index in [0.29, 0.717) is 41.5 Å². The Bertz CT molecular complexity index is 1550. The lowest BCUT2D eigenvalue weighted by Gasteiger charge is -2.45. The maximum absolute atomic E-state index is 14.3. The van der Waals surface area contributed by atoms with Crippen molar-refractivity contribution < 1.29 is 33.4 Å². The Morgan fingerprint density at radius 3 is 2.45 bits per heavy atom. The van der Waals surface area contributed by atoms with E-state index in [1.807, 2.05) is 12.1 Å². The van der Waals surface area contributed by atoms with Gasteiger partial charge in [-0.15, -0.1) is 0 Å². The molecule has 0 unspecified atom stereocenters. The van der Waals surface area contributed by atoms with Gasteiger partial charge in [0.2, 0.25) is 18.6 Å². The average Bonchev–Trinajstić information content (AvgIpc) is 3.59. The Labute approximate surface area is 243 Å². The highest BCUT2D eigenvalue weighted by atomic mass is 16.7. The summed E-state index contributed by atoms with van der Waals surface area (Å²) < 4.78 is 16.2. The van der Waals surface area contributed by atoms with Crippen LogP contribution in [0.2, 0.25) is 0 Å². The summed E-state index contributed by atoms with van der Waals surface area (Å²) >= 11 is 0. The van der Waals surface area contributed by atoms with Crippen LogP contribution in [-0.4, -0.2) is 54.4 Å². The van der Waals surface area contributed by atoms with Crippen molar-refractivity contribution in [2.45, 2.75) is 44.2 Å². The Kier molecular flexibility index (Phi) is 7.28. The van der Waals surface area contributed by atoms with Crippen molar-refractivity contribution in [3.05, 3.63) is 77.9 Å². The number of Topliss-reactive ketones (excluding diaryl/α,β-unsaturated/α-hetero) is 1. The molecule has 2 heterocycles. The SMILES string of the molecule is COc1ccc(CN(C(=O)CN2C(=O)C(=O)c3ccccc32)C2(C(=O)Nc3ccc4c(c3)OCO4)CCCCC2)cc1. The number of methoxy groups -OCH3 is 1. The summed E-state index contributed by atoms with van der Waals surface area (Å²) in [5, 5.41) is 3.02. The minimum atomic E-state index is -1.18.